The smallest absolute Gasteiger partial charge is 0.0667 e. The van der Waals surface area contributed by atoms with Gasteiger partial charge in [0.25, 0.3) is 0 Å². The predicted octanol–water partition coefficient (Wildman–Crippen LogP) is 1.29. The zero-order valence-corrected chi connectivity index (χ0v) is 11.1. The van der Waals surface area contributed by atoms with Gasteiger partial charge in [-0.05, 0) is 25.3 Å². The van der Waals surface area contributed by atoms with E-state index in [-0.39, 0.29) is 6.10 Å². The molecular weight excluding hydrogens is 222 g/mol. The average Bonchev–Trinajstić information content (AvgIpc) is 2.69. The zero-order chi connectivity index (χ0) is 11.8. The van der Waals surface area contributed by atoms with Crippen LogP contribution in [0.15, 0.2) is 0 Å². The van der Waals surface area contributed by atoms with Crippen molar-refractivity contribution in [3.8, 4) is 0 Å². The lowest BCUT2D eigenvalue weighted by molar-refractivity contribution is 0.141. The zero-order valence-electron chi connectivity index (χ0n) is 10.3. The molecule has 16 heavy (non-hydrogen) atoms. The van der Waals surface area contributed by atoms with Gasteiger partial charge in [-0.15, -0.1) is 0 Å². The summed E-state index contributed by atoms with van der Waals surface area (Å²) in [6.45, 7) is 1.55. The van der Waals surface area contributed by atoms with Gasteiger partial charge in [-0.25, -0.2) is 0 Å². The molecule has 0 heterocycles. The first-order valence-electron chi connectivity index (χ1n) is 6.37. The lowest BCUT2D eigenvalue weighted by atomic mass is 10.0. The second kappa shape index (κ2) is 8.20. The van der Waals surface area contributed by atoms with Crippen LogP contribution >= 0.6 is 0 Å². The standard InChI is InChI=1S/C12H25NO2S/c1-16(15)8-4-7-13-10-12(14)9-11-5-2-3-6-11/h11-14H,2-10H2,1H3. The van der Waals surface area contributed by atoms with Gasteiger partial charge in [0, 0.05) is 29.4 Å². The summed E-state index contributed by atoms with van der Waals surface area (Å²) in [5, 5.41) is 13.0. The predicted molar refractivity (Wildman–Crippen MR) is 69.0 cm³/mol. The van der Waals surface area contributed by atoms with Crippen molar-refractivity contribution in [2.75, 3.05) is 25.1 Å². The van der Waals surface area contributed by atoms with E-state index in [2.05, 4.69) is 5.32 Å². The summed E-state index contributed by atoms with van der Waals surface area (Å²) < 4.78 is 10.8. The van der Waals surface area contributed by atoms with Crippen molar-refractivity contribution in [2.24, 2.45) is 5.92 Å². The first kappa shape index (κ1) is 14.1. The molecule has 2 N–H and O–H groups in total. The third-order valence-corrected chi connectivity index (χ3v) is 4.11. The van der Waals surface area contributed by atoms with Crippen LogP contribution in [0.5, 0.6) is 0 Å². The second-order valence-corrected chi connectivity index (χ2v) is 6.43. The third kappa shape index (κ3) is 6.61. The van der Waals surface area contributed by atoms with E-state index in [9.17, 15) is 9.32 Å². The van der Waals surface area contributed by atoms with Crippen LogP contribution in [0.25, 0.3) is 0 Å². The quantitative estimate of drug-likeness (QED) is 0.635. The highest BCUT2D eigenvalue weighted by atomic mass is 32.2. The highest BCUT2D eigenvalue weighted by molar-refractivity contribution is 7.84. The molecule has 0 amide bonds. The van der Waals surface area contributed by atoms with Crippen molar-refractivity contribution in [2.45, 2.75) is 44.6 Å². The molecule has 1 aliphatic rings. The van der Waals surface area contributed by atoms with Crippen LogP contribution in [-0.2, 0) is 10.8 Å². The van der Waals surface area contributed by atoms with Crippen LogP contribution < -0.4 is 5.32 Å². The van der Waals surface area contributed by atoms with E-state index >= 15 is 0 Å². The van der Waals surface area contributed by atoms with Crippen LogP contribution in [0.3, 0.4) is 0 Å². The second-order valence-electron chi connectivity index (χ2n) is 4.88. The molecule has 0 aromatic heterocycles. The Labute approximate surface area is 101 Å². The Morgan fingerprint density at radius 1 is 1.44 bits per heavy atom. The minimum Gasteiger partial charge on any atom is -0.392 e. The number of rotatable bonds is 8. The molecule has 0 aromatic rings. The lowest BCUT2D eigenvalue weighted by Gasteiger charge is -2.15. The van der Waals surface area contributed by atoms with Gasteiger partial charge in [0.2, 0.25) is 0 Å². The Balaban J connectivity index is 1.93. The molecule has 0 aliphatic heterocycles. The molecule has 0 aromatic carbocycles. The van der Waals surface area contributed by atoms with Gasteiger partial charge >= 0.3 is 0 Å². The summed E-state index contributed by atoms with van der Waals surface area (Å²) in [7, 11) is -0.686. The van der Waals surface area contributed by atoms with Gasteiger partial charge < -0.3 is 10.4 Å². The molecule has 2 unspecified atom stereocenters. The number of hydrogen-bond acceptors (Lipinski definition) is 3. The van der Waals surface area contributed by atoms with E-state index in [1.54, 1.807) is 6.26 Å². The highest BCUT2D eigenvalue weighted by Crippen LogP contribution is 2.28. The molecule has 0 saturated heterocycles. The van der Waals surface area contributed by atoms with Crippen LogP contribution in [0.2, 0.25) is 0 Å². The molecule has 0 radical (unpaired) electrons. The van der Waals surface area contributed by atoms with Crippen molar-refractivity contribution < 1.29 is 9.32 Å². The first-order chi connectivity index (χ1) is 7.68. The fourth-order valence-electron chi connectivity index (χ4n) is 2.38. The van der Waals surface area contributed by atoms with Gasteiger partial charge in [-0.3, -0.25) is 4.21 Å². The van der Waals surface area contributed by atoms with E-state index < -0.39 is 10.8 Å². The number of aliphatic hydroxyl groups is 1. The summed E-state index contributed by atoms with van der Waals surface area (Å²) in [4.78, 5) is 0. The van der Waals surface area contributed by atoms with Crippen molar-refractivity contribution in [1.82, 2.24) is 5.32 Å². The van der Waals surface area contributed by atoms with Gasteiger partial charge in [0.1, 0.15) is 0 Å². The van der Waals surface area contributed by atoms with Crippen LogP contribution in [0.1, 0.15) is 38.5 Å². The molecule has 1 rings (SSSR count). The number of hydrogen-bond donors (Lipinski definition) is 2. The van der Waals surface area contributed by atoms with E-state index in [0.717, 1.165) is 31.1 Å². The number of nitrogens with one attached hydrogen (secondary N) is 1. The van der Waals surface area contributed by atoms with E-state index in [1.807, 2.05) is 0 Å². The van der Waals surface area contributed by atoms with Crippen molar-refractivity contribution >= 4 is 10.8 Å². The SMILES string of the molecule is CS(=O)CCCNCC(O)CC1CCCC1. The van der Waals surface area contributed by atoms with Crippen molar-refractivity contribution in [3.63, 3.8) is 0 Å². The van der Waals surface area contributed by atoms with Crippen LogP contribution in [0, 0.1) is 5.92 Å². The Hall–Kier alpha value is 0.0700. The van der Waals surface area contributed by atoms with Crippen LogP contribution in [0.4, 0.5) is 0 Å². The monoisotopic (exact) mass is 247 g/mol. The first-order valence-corrected chi connectivity index (χ1v) is 8.10. The largest absolute Gasteiger partial charge is 0.392 e. The average molecular weight is 247 g/mol. The summed E-state index contributed by atoms with van der Waals surface area (Å²) in [5.41, 5.74) is 0. The summed E-state index contributed by atoms with van der Waals surface area (Å²) in [6.07, 6.45) is 8.69. The maximum atomic E-state index is 10.8. The van der Waals surface area contributed by atoms with Crippen molar-refractivity contribution in [3.05, 3.63) is 0 Å². The van der Waals surface area contributed by atoms with E-state index in [1.165, 1.54) is 25.7 Å². The summed E-state index contributed by atoms with van der Waals surface area (Å²) in [6, 6.07) is 0. The lowest BCUT2D eigenvalue weighted by Crippen LogP contribution is -2.29. The van der Waals surface area contributed by atoms with Gasteiger partial charge in [0.05, 0.1) is 6.10 Å². The topological polar surface area (TPSA) is 49.3 Å². The van der Waals surface area contributed by atoms with Gasteiger partial charge in [0.15, 0.2) is 0 Å². The minimum atomic E-state index is -0.686. The molecule has 3 nitrogen and oxygen atoms in total. The van der Waals surface area contributed by atoms with Crippen molar-refractivity contribution in [1.29, 1.82) is 0 Å². The van der Waals surface area contributed by atoms with Gasteiger partial charge in [-0.2, -0.15) is 0 Å². The molecule has 1 fully saturated rings. The molecule has 4 heteroatoms. The third-order valence-electron chi connectivity index (χ3n) is 3.25. The molecule has 96 valence electrons. The van der Waals surface area contributed by atoms with E-state index in [4.69, 9.17) is 0 Å². The van der Waals surface area contributed by atoms with Crippen LogP contribution in [-0.4, -0.2) is 40.5 Å². The molecule has 1 aliphatic carbocycles. The Morgan fingerprint density at radius 2 is 2.12 bits per heavy atom. The normalized spacial score (nSPS) is 21.1. The fraction of sp³-hybridized carbons (Fsp3) is 1.00. The Bertz CT molecular complexity index is 205. The maximum absolute atomic E-state index is 10.8. The highest BCUT2D eigenvalue weighted by Gasteiger charge is 2.18. The molecular formula is C12H25NO2S. The minimum absolute atomic E-state index is 0.199. The molecule has 2 atom stereocenters. The van der Waals surface area contributed by atoms with E-state index in [0.29, 0.717) is 6.54 Å². The molecule has 0 spiro atoms. The number of aliphatic hydroxyl groups excluding tert-OH is 1. The Kier molecular flexibility index (Phi) is 7.25. The summed E-state index contributed by atoms with van der Waals surface area (Å²) in [5.74, 6) is 1.51. The molecule has 0 bridgehead atoms. The maximum Gasteiger partial charge on any atom is 0.0667 e. The van der Waals surface area contributed by atoms with Gasteiger partial charge in [-0.1, -0.05) is 25.7 Å². The molecule has 1 saturated carbocycles. The fourth-order valence-corrected chi connectivity index (χ4v) is 2.93. The summed E-state index contributed by atoms with van der Waals surface area (Å²) >= 11 is 0. The Morgan fingerprint density at radius 3 is 2.75 bits per heavy atom.